The van der Waals surface area contributed by atoms with Gasteiger partial charge in [0.2, 0.25) is 0 Å². The number of rotatable bonds is 11. The minimum Gasteiger partial charge on any atom is -0.455 e. The number of para-hydroxylation sites is 1. The van der Waals surface area contributed by atoms with Gasteiger partial charge in [-0.3, -0.25) is 4.57 Å². The zero-order chi connectivity index (χ0) is 77.5. The lowest BCUT2D eigenvalue weighted by Gasteiger charge is -2.34. The molecule has 0 N–H and O–H groups in total. The highest BCUT2D eigenvalue weighted by atomic mass is 16.3. The van der Waals surface area contributed by atoms with E-state index >= 15 is 0 Å². The molecule has 0 amide bonds. The van der Waals surface area contributed by atoms with E-state index in [1.165, 1.54) is 77.4 Å². The molecule has 22 aromatic rings. The lowest BCUT2D eigenvalue weighted by molar-refractivity contribution is 0.636. The van der Waals surface area contributed by atoms with Crippen molar-refractivity contribution < 1.29 is 4.42 Å². The van der Waals surface area contributed by atoms with Crippen molar-refractivity contribution in [3.05, 3.63) is 417 Å². The van der Waals surface area contributed by atoms with Crippen molar-refractivity contribution in [2.24, 2.45) is 0 Å². The average Bonchev–Trinajstić information content (AvgIpc) is 1.50. The Labute approximate surface area is 678 Å². The van der Waals surface area contributed by atoms with Crippen LogP contribution in [0.4, 0.5) is 0 Å². The van der Waals surface area contributed by atoms with Gasteiger partial charge in [-0.25, -0.2) is 34.9 Å². The average molecular weight is 1500 g/mol. The molecule has 1 aliphatic heterocycles. The van der Waals surface area contributed by atoms with E-state index in [9.17, 15) is 0 Å². The van der Waals surface area contributed by atoms with Gasteiger partial charge in [-0.2, -0.15) is 0 Å². The summed E-state index contributed by atoms with van der Waals surface area (Å²) < 4.78 is 11.9. The van der Waals surface area contributed by atoms with Crippen LogP contribution in [-0.2, 0) is 5.41 Å². The summed E-state index contributed by atoms with van der Waals surface area (Å²) in [6.07, 6.45) is 0. The van der Waals surface area contributed by atoms with Crippen molar-refractivity contribution in [3.8, 4) is 147 Å². The molecule has 10 heteroatoms. The smallest absolute Gasteiger partial charge is 0.164 e. The zero-order valence-electron chi connectivity index (χ0n) is 63.5. The maximum atomic E-state index is 7.09. The van der Waals surface area contributed by atoms with Gasteiger partial charge in [-0.15, -0.1) is 0 Å². The molecule has 0 saturated heterocycles. The summed E-state index contributed by atoms with van der Waals surface area (Å²) in [5, 5.41) is 8.14. The number of nitrogens with zero attached hydrogens (tertiary/aromatic N) is 9. The summed E-state index contributed by atoms with van der Waals surface area (Å²) in [6.45, 7) is 0. The summed E-state index contributed by atoms with van der Waals surface area (Å²) >= 11 is 0. The predicted octanol–water partition coefficient (Wildman–Crippen LogP) is 26.6. The van der Waals surface area contributed by atoms with E-state index in [-0.39, 0.29) is 0 Å². The predicted molar refractivity (Wildman–Crippen MR) is 478 cm³/mol. The van der Waals surface area contributed by atoms with Gasteiger partial charge < -0.3 is 8.98 Å². The molecular formula is C108H65N9O. The van der Waals surface area contributed by atoms with Crippen molar-refractivity contribution in [3.63, 3.8) is 0 Å². The molecule has 0 atom stereocenters. The molecule has 0 radical (unpaired) electrons. The van der Waals surface area contributed by atoms with Gasteiger partial charge in [0.1, 0.15) is 17.2 Å². The van der Waals surface area contributed by atoms with Crippen molar-refractivity contribution in [1.29, 1.82) is 0 Å². The molecule has 3 aliphatic rings. The fraction of sp³-hybridized carbons (Fsp3) is 0.00926. The number of furan rings is 1. The van der Waals surface area contributed by atoms with Crippen LogP contribution >= 0.6 is 0 Å². The van der Waals surface area contributed by atoms with Crippen LogP contribution in [0.25, 0.3) is 212 Å². The van der Waals surface area contributed by atoms with E-state index in [2.05, 4.69) is 312 Å². The van der Waals surface area contributed by atoms with Gasteiger partial charge in [0.25, 0.3) is 0 Å². The third-order valence-corrected chi connectivity index (χ3v) is 24.0. The van der Waals surface area contributed by atoms with Crippen molar-refractivity contribution >= 4 is 65.4 Å². The second-order valence-corrected chi connectivity index (χ2v) is 30.5. The van der Waals surface area contributed by atoms with Crippen LogP contribution in [-0.4, -0.2) is 44.0 Å². The highest BCUT2D eigenvalue weighted by molar-refractivity contribution is 6.38. The van der Waals surface area contributed by atoms with Crippen molar-refractivity contribution in [2.75, 3.05) is 0 Å². The zero-order valence-corrected chi connectivity index (χ0v) is 63.5. The van der Waals surface area contributed by atoms with Crippen LogP contribution in [0.1, 0.15) is 22.3 Å². The summed E-state index contributed by atoms with van der Waals surface area (Å²) in [4.78, 5) is 35.8. The van der Waals surface area contributed by atoms with Crippen LogP contribution in [0.15, 0.2) is 399 Å². The lowest BCUT2D eigenvalue weighted by atomic mass is 9.67. The Bertz CT molecular complexity index is 7740. The molecule has 0 fully saturated rings. The highest BCUT2D eigenvalue weighted by Crippen LogP contribution is 2.63. The van der Waals surface area contributed by atoms with Gasteiger partial charge in [0.05, 0.1) is 33.2 Å². The number of hydrogen-bond donors (Lipinski definition) is 0. The molecular weight excluding hydrogens is 1440 g/mol. The van der Waals surface area contributed by atoms with Crippen molar-refractivity contribution in [2.45, 2.75) is 5.41 Å². The normalized spacial score (nSPS) is 12.5. The molecule has 0 spiro atoms. The standard InChI is InChI=1S/C55H32N4O.C53H33N5/c1-3-15-34(16-4-1)51-47-42-21-10-9-20-40(42)41-24-13-25-45-46(41)48-49(47)52(60-51)44-23-12-11-22-43(44)50(48)59(45)39-30-28-36(29-31-39)54-56-53(35-17-5-2-6-18-35)57-55(58-54)38-27-26-33-14-7-8-19-37(33)32-38;1-5-17-34(18-6-1)49-55-50(35-19-7-2-8-20-35)57-51(56-49)36-21-15-22-37(33-36)52-54-44-32-31-43-47-46-41(40-27-13-14-30-45(40)58(52)48(44)47)28-16-29-42(46)53(43,38-23-9-3-10-24-38)39-25-11-4-12-26-39/h1-32H;1-33H. The van der Waals surface area contributed by atoms with Crippen molar-refractivity contribution in [1.82, 2.24) is 44.0 Å². The number of fused-ring (bicyclic) bond motifs is 10. The molecule has 0 bridgehead atoms. The monoisotopic (exact) mass is 1500 g/mol. The maximum Gasteiger partial charge on any atom is 0.164 e. The Morgan fingerprint density at radius 1 is 0.254 bits per heavy atom. The Hall–Kier alpha value is -15.9. The second kappa shape index (κ2) is 26.6. The van der Waals surface area contributed by atoms with Gasteiger partial charge in [0, 0.05) is 93.8 Å². The van der Waals surface area contributed by atoms with E-state index < -0.39 is 5.41 Å². The van der Waals surface area contributed by atoms with Crippen LogP contribution in [0, 0.1) is 0 Å². The number of benzene rings is 17. The molecule has 17 aromatic carbocycles. The molecule has 118 heavy (non-hydrogen) atoms. The molecule has 0 unspecified atom stereocenters. The van der Waals surface area contributed by atoms with Crippen LogP contribution in [0.5, 0.6) is 0 Å². The van der Waals surface area contributed by atoms with E-state index in [1.807, 2.05) is 91.0 Å². The Morgan fingerprint density at radius 2 is 0.720 bits per heavy atom. The first kappa shape index (κ1) is 66.7. The number of aromatic nitrogens is 9. The van der Waals surface area contributed by atoms with E-state index in [4.69, 9.17) is 39.3 Å². The molecule has 548 valence electrons. The summed E-state index contributed by atoms with van der Waals surface area (Å²) in [5.41, 5.74) is 29.2. The first-order valence-corrected chi connectivity index (χ1v) is 39.9. The van der Waals surface area contributed by atoms with Gasteiger partial charge in [0.15, 0.2) is 34.9 Å². The third-order valence-electron chi connectivity index (χ3n) is 24.0. The molecule has 2 aliphatic carbocycles. The fourth-order valence-corrected chi connectivity index (χ4v) is 19.0. The largest absolute Gasteiger partial charge is 0.455 e. The summed E-state index contributed by atoms with van der Waals surface area (Å²) in [5.74, 6) is 5.53. The first-order chi connectivity index (χ1) is 58.5. The van der Waals surface area contributed by atoms with E-state index in [0.29, 0.717) is 34.9 Å². The molecule has 6 heterocycles. The van der Waals surface area contributed by atoms with Gasteiger partial charge in [-0.05, 0) is 115 Å². The Balaban J connectivity index is 0.000000135. The second-order valence-electron chi connectivity index (χ2n) is 30.5. The third kappa shape index (κ3) is 10.2. The lowest BCUT2D eigenvalue weighted by Crippen LogP contribution is -2.28. The Morgan fingerprint density at radius 3 is 1.36 bits per heavy atom. The molecule has 25 rings (SSSR count). The van der Waals surface area contributed by atoms with Crippen LogP contribution < -0.4 is 0 Å². The number of hydrogen-bond acceptors (Lipinski definition) is 8. The van der Waals surface area contributed by atoms with E-state index in [0.717, 1.165) is 122 Å². The fourth-order valence-electron chi connectivity index (χ4n) is 19.0. The number of imidazole rings is 1. The van der Waals surface area contributed by atoms with Gasteiger partial charge >= 0.3 is 0 Å². The minimum absolute atomic E-state index is 0.523. The highest BCUT2D eigenvalue weighted by Gasteiger charge is 2.49. The molecule has 0 saturated carbocycles. The minimum atomic E-state index is -0.523. The van der Waals surface area contributed by atoms with Crippen LogP contribution in [0.2, 0.25) is 0 Å². The van der Waals surface area contributed by atoms with Crippen LogP contribution in [0.3, 0.4) is 0 Å². The Kier molecular flexibility index (Phi) is 15.0. The first-order valence-electron chi connectivity index (χ1n) is 39.9. The van der Waals surface area contributed by atoms with Gasteiger partial charge in [-0.1, -0.05) is 340 Å². The summed E-state index contributed by atoms with van der Waals surface area (Å²) in [6, 6.07) is 139. The quantitative estimate of drug-likeness (QED) is 0.126. The maximum absolute atomic E-state index is 7.09. The summed E-state index contributed by atoms with van der Waals surface area (Å²) in [7, 11) is 0. The topological polar surface area (TPSA) is 113 Å². The molecule has 5 aromatic heterocycles. The van der Waals surface area contributed by atoms with E-state index in [1.54, 1.807) is 0 Å². The SMILES string of the molecule is c1ccc(-c2nc(-c3ccc(-n4c5cccc6c5c5c7c(c(-c8ccccc8)oc7c7ccccc7c54)-c4ccccc4-6)cc3)nc(-c3ccc4ccccc4c3)n2)cc1.c1ccc(-c2nc(-c3ccccc3)nc(-c3cccc(-c4nc5ccc6c7c5n4-c4ccccc4-c4cccc(c4-7)C6(c4ccccc4)c4ccccc4)c3)n2)cc1. The molecule has 10 nitrogen and oxygen atoms in total.